The summed E-state index contributed by atoms with van der Waals surface area (Å²) in [7, 11) is 4.47. The fourth-order valence-corrected chi connectivity index (χ4v) is 2.28. The third kappa shape index (κ3) is 2.65. The minimum absolute atomic E-state index is 0.413. The number of aliphatic imine (C=N–C) groups is 1. The van der Waals surface area contributed by atoms with Gasteiger partial charge in [-0.05, 0) is 12.3 Å². The predicted octanol–water partition coefficient (Wildman–Crippen LogP) is 1.43. The first-order chi connectivity index (χ1) is 8.19. The molecule has 0 unspecified atom stereocenters. The smallest absolute Gasteiger partial charge is 0.351 e. The highest BCUT2D eigenvalue weighted by Gasteiger charge is 2.21. The van der Waals surface area contributed by atoms with Crippen LogP contribution in [-0.4, -0.2) is 32.9 Å². The van der Waals surface area contributed by atoms with Crippen molar-refractivity contribution in [2.75, 3.05) is 21.3 Å². The molecule has 1 rings (SSSR count). The molecule has 0 atom stereocenters. The minimum Gasteiger partial charge on any atom is -0.494 e. The molecular formula is C11H14N2O3S. The molecule has 0 aliphatic carbocycles. The molecule has 0 aromatic carbocycles. The molecule has 92 valence electrons. The highest BCUT2D eigenvalue weighted by atomic mass is 32.1. The maximum Gasteiger partial charge on any atom is 0.351 e. The number of allylic oxidation sites excluding steroid dienone is 1. The summed E-state index contributed by atoms with van der Waals surface area (Å²) < 4.78 is 9.90. The average Bonchev–Trinajstić information content (AvgIpc) is 2.78. The Morgan fingerprint density at radius 2 is 2.24 bits per heavy atom. The molecule has 0 saturated carbocycles. The van der Waals surface area contributed by atoms with E-state index >= 15 is 0 Å². The van der Waals surface area contributed by atoms with Crippen molar-refractivity contribution in [1.82, 2.24) is 0 Å². The monoisotopic (exact) mass is 254 g/mol. The first-order valence-electron chi connectivity index (χ1n) is 4.78. The van der Waals surface area contributed by atoms with Crippen LogP contribution in [-0.2, 0) is 4.74 Å². The lowest BCUT2D eigenvalue weighted by atomic mass is 10.1. The molecule has 0 bridgehead atoms. The van der Waals surface area contributed by atoms with Crippen molar-refractivity contribution in [2.24, 2.45) is 10.7 Å². The van der Waals surface area contributed by atoms with Gasteiger partial charge < -0.3 is 15.2 Å². The van der Waals surface area contributed by atoms with Crippen molar-refractivity contribution >= 4 is 23.0 Å². The lowest BCUT2D eigenvalue weighted by molar-refractivity contribution is 0.0603. The summed E-state index contributed by atoms with van der Waals surface area (Å²) in [5, 5.41) is 1.79. The number of nitrogens with two attached hydrogens (primary N) is 1. The van der Waals surface area contributed by atoms with Crippen LogP contribution < -0.4 is 10.5 Å². The molecule has 1 heterocycles. The van der Waals surface area contributed by atoms with Crippen molar-refractivity contribution in [2.45, 2.75) is 0 Å². The zero-order chi connectivity index (χ0) is 12.8. The molecule has 0 aliphatic heterocycles. The summed E-state index contributed by atoms with van der Waals surface area (Å²) in [6.07, 6.45) is 3.03. The fourth-order valence-electron chi connectivity index (χ4n) is 1.34. The van der Waals surface area contributed by atoms with E-state index in [9.17, 15) is 4.79 Å². The molecule has 5 nitrogen and oxygen atoms in total. The molecule has 1 aromatic heterocycles. The Morgan fingerprint density at radius 1 is 1.53 bits per heavy atom. The Bertz CT molecular complexity index is 463. The van der Waals surface area contributed by atoms with Crippen molar-refractivity contribution in [3.63, 3.8) is 0 Å². The number of carbonyl (C=O) groups is 1. The number of esters is 1. The standard InChI is InChI=1S/C11H14N2O3S/c1-13-8(4-5-12)7-6-17-10(9(7)15-2)11(14)16-3/h4-6H,12H2,1-3H3. The van der Waals surface area contributed by atoms with E-state index in [2.05, 4.69) is 9.73 Å². The number of hydrogen-bond donors (Lipinski definition) is 1. The predicted molar refractivity (Wildman–Crippen MR) is 68.0 cm³/mol. The van der Waals surface area contributed by atoms with Gasteiger partial charge in [-0.15, -0.1) is 11.3 Å². The normalized spacial score (nSPS) is 11.8. The van der Waals surface area contributed by atoms with Crippen LogP contribution in [0.3, 0.4) is 0 Å². The van der Waals surface area contributed by atoms with Gasteiger partial charge >= 0.3 is 5.97 Å². The van der Waals surface area contributed by atoms with Crippen LogP contribution in [0.25, 0.3) is 0 Å². The van der Waals surface area contributed by atoms with Crippen LogP contribution in [0.5, 0.6) is 5.75 Å². The summed E-state index contributed by atoms with van der Waals surface area (Å²) in [5.74, 6) is 0.0332. The second kappa shape index (κ2) is 6.05. The highest BCUT2D eigenvalue weighted by Crippen LogP contribution is 2.31. The molecule has 2 N–H and O–H groups in total. The second-order valence-electron chi connectivity index (χ2n) is 2.97. The maximum atomic E-state index is 11.5. The third-order valence-corrected chi connectivity index (χ3v) is 3.03. The van der Waals surface area contributed by atoms with Crippen LogP contribution >= 0.6 is 11.3 Å². The van der Waals surface area contributed by atoms with Gasteiger partial charge in [-0.3, -0.25) is 4.99 Å². The Kier molecular flexibility index (Phi) is 4.71. The van der Waals surface area contributed by atoms with Gasteiger partial charge in [0, 0.05) is 12.4 Å². The van der Waals surface area contributed by atoms with Crippen molar-refractivity contribution < 1.29 is 14.3 Å². The number of thiophene rings is 1. The van der Waals surface area contributed by atoms with Gasteiger partial charge in [-0.1, -0.05) is 0 Å². The van der Waals surface area contributed by atoms with Crippen molar-refractivity contribution in [3.8, 4) is 5.75 Å². The molecule has 6 heteroatoms. The number of hydrogen-bond acceptors (Lipinski definition) is 6. The zero-order valence-corrected chi connectivity index (χ0v) is 10.7. The van der Waals surface area contributed by atoms with Gasteiger partial charge in [0.05, 0.1) is 25.5 Å². The SMILES string of the molecule is CN=C(C=CN)c1csc(C(=O)OC)c1OC. The van der Waals surface area contributed by atoms with E-state index in [-0.39, 0.29) is 0 Å². The van der Waals surface area contributed by atoms with Gasteiger partial charge in [-0.25, -0.2) is 4.79 Å². The van der Waals surface area contributed by atoms with Crippen molar-refractivity contribution in [3.05, 3.63) is 28.1 Å². The van der Waals surface area contributed by atoms with E-state index in [1.807, 2.05) is 0 Å². The average molecular weight is 254 g/mol. The van der Waals surface area contributed by atoms with Gasteiger partial charge in [0.25, 0.3) is 0 Å². The molecule has 0 amide bonds. The van der Waals surface area contributed by atoms with E-state index in [4.69, 9.17) is 10.5 Å². The van der Waals surface area contributed by atoms with Gasteiger partial charge in [-0.2, -0.15) is 0 Å². The molecule has 0 spiro atoms. The lowest BCUT2D eigenvalue weighted by Crippen LogP contribution is -2.04. The quantitative estimate of drug-likeness (QED) is 0.651. The van der Waals surface area contributed by atoms with E-state index in [1.165, 1.54) is 31.8 Å². The Morgan fingerprint density at radius 3 is 2.71 bits per heavy atom. The number of ether oxygens (including phenoxy) is 2. The van der Waals surface area contributed by atoms with E-state index in [1.54, 1.807) is 18.5 Å². The van der Waals surface area contributed by atoms with E-state index in [0.717, 1.165) is 5.56 Å². The van der Waals surface area contributed by atoms with Crippen LogP contribution in [0, 0.1) is 0 Å². The zero-order valence-electron chi connectivity index (χ0n) is 9.89. The van der Waals surface area contributed by atoms with Crippen LogP contribution in [0.15, 0.2) is 22.6 Å². The largest absolute Gasteiger partial charge is 0.494 e. The highest BCUT2D eigenvalue weighted by molar-refractivity contribution is 7.12. The Hall–Kier alpha value is -1.82. The van der Waals surface area contributed by atoms with Crippen LogP contribution in [0.4, 0.5) is 0 Å². The molecule has 0 saturated heterocycles. The van der Waals surface area contributed by atoms with Gasteiger partial charge in [0.2, 0.25) is 0 Å². The first-order valence-corrected chi connectivity index (χ1v) is 5.66. The van der Waals surface area contributed by atoms with Crippen LogP contribution in [0.1, 0.15) is 15.2 Å². The first kappa shape index (κ1) is 13.2. The molecular weight excluding hydrogens is 240 g/mol. The van der Waals surface area contributed by atoms with Gasteiger partial charge in [0.1, 0.15) is 0 Å². The fraction of sp³-hybridized carbons (Fsp3) is 0.273. The summed E-state index contributed by atoms with van der Waals surface area (Å²) >= 11 is 1.25. The molecule has 0 fully saturated rings. The lowest BCUT2D eigenvalue weighted by Gasteiger charge is -2.04. The molecule has 1 aromatic rings. The number of rotatable bonds is 4. The molecule has 0 aliphatic rings. The molecule has 0 radical (unpaired) electrons. The van der Waals surface area contributed by atoms with Gasteiger partial charge in [0.15, 0.2) is 10.6 Å². The van der Waals surface area contributed by atoms with Crippen LogP contribution in [0.2, 0.25) is 0 Å². The Balaban J connectivity index is 3.27. The third-order valence-electron chi connectivity index (χ3n) is 2.09. The summed E-state index contributed by atoms with van der Waals surface area (Å²) in [4.78, 5) is 16.0. The second-order valence-corrected chi connectivity index (χ2v) is 3.85. The van der Waals surface area contributed by atoms with E-state index < -0.39 is 5.97 Å². The topological polar surface area (TPSA) is 73.9 Å². The summed E-state index contributed by atoms with van der Waals surface area (Å²) in [5.41, 5.74) is 6.71. The summed E-state index contributed by atoms with van der Waals surface area (Å²) in [6, 6.07) is 0. The van der Waals surface area contributed by atoms with Crippen molar-refractivity contribution in [1.29, 1.82) is 0 Å². The van der Waals surface area contributed by atoms with E-state index in [0.29, 0.717) is 16.3 Å². The number of carbonyl (C=O) groups excluding carboxylic acids is 1. The number of methoxy groups -OCH3 is 2. The summed E-state index contributed by atoms with van der Waals surface area (Å²) in [6.45, 7) is 0. The number of nitrogens with zero attached hydrogens (tertiary/aromatic N) is 1. The molecule has 17 heavy (non-hydrogen) atoms. The maximum absolute atomic E-state index is 11.5. The minimum atomic E-state index is -0.426. The Labute approximate surface area is 104 Å².